The third-order valence-electron chi connectivity index (χ3n) is 3.51. The van der Waals surface area contributed by atoms with Gasteiger partial charge in [0.25, 0.3) is 15.7 Å². The fourth-order valence-electron chi connectivity index (χ4n) is 2.19. The highest BCUT2D eigenvalue weighted by atomic mass is 32.2. The maximum absolute atomic E-state index is 12.9. The average molecular weight is 404 g/mol. The Morgan fingerprint density at radius 3 is 1.89 bits per heavy atom. The Kier molecular flexibility index (Phi) is 5.43. The number of halogens is 1. The molecule has 0 bridgehead atoms. The second-order valence-corrected chi connectivity index (χ2v) is 8.27. The molecule has 3 aromatic rings. The third-order valence-corrected chi connectivity index (χ3v) is 5.93. The van der Waals surface area contributed by atoms with Gasteiger partial charge in [-0.05, 0) is 60.7 Å². The summed E-state index contributed by atoms with van der Waals surface area (Å²) in [6.45, 7) is 0. The summed E-state index contributed by atoms with van der Waals surface area (Å²) in [5, 5.41) is 10.7. The highest BCUT2D eigenvalue weighted by Gasteiger charge is 2.14. The summed E-state index contributed by atoms with van der Waals surface area (Å²) >= 11 is 1.39. The zero-order chi connectivity index (χ0) is 19.4. The van der Waals surface area contributed by atoms with E-state index in [-0.39, 0.29) is 10.6 Å². The molecule has 0 radical (unpaired) electrons. The van der Waals surface area contributed by atoms with E-state index < -0.39 is 20.8 Å². The van der Waals surface area contributed by atoms with E-state index in [0.717, 1.165) is 21.9 Å². The Labute approximate surface area is 159 Å². The van der Waals surface area contributed by atoms with E-state index >= 15 is 0 Å². The molecule has 0 atom stereocenters. The van der Waals surface area contributed by atoms with E-state index in [2.05, 4.69) is 4.72 Å². The maximum atomic E-state index is 12.9. The van der Waals surface area contributed by atoms with Crippen molar-refractivity contribution in [3.8, 4) is 0 Å². The highest BCUT2D eigenvalue weighted by molar-refractivity contribution is 7.99. The van der Waals surface area contributed by atoms with Crippen molar-refractivity contribution in [2.45, 2.75) is 14.7 Å². The largest absolute Gasteiger partial charge is 0.280 e. The minimum Gasteiger partial charge on any atom is -0.280 e. The van der Waals surface area contributed by atoms with Gasteiger partial charge in [-0.3, -0.25) is 14.8 Å². The van der Waals surface area contributed by atoms with Crippen LogP contribution in [0.2, 0.25) is 0 Å². The molecule has 0 fully saturated rings. The number of nitrogens with one attached hydrogen (secondary N) is 1. The molecule has 0 amide bonds. The monoisotopic (exact) mass is 404 g/mol. The topological polar surface area (TPSA) is 89.3 Å². The van der Waals surface area contributed by atoms with Gasteiger partial charge in [0, 0.05) is 27.6 Å². The third kappa shape index (κ3) is 4.83. The summed E-state index contributed by atoms with van der Waals surface area (Å²) in [6, 6.07) is 17.4. The Balaban J connectivity index is 1.69. The van der Waals surface area contributed by atoms with Crippen LogP contribution in [0.1, 0.15) is 0 Å². The predicted molar refractivity (Wildman–Crippen MR) is 101 cm³/mol. The first-order valence-corrected chi connectivity index (χ1v) is 9.94. The van der Waals surface area contributed by atoms with Crippen LogP contribution < -0.4 is 4.72 Å². The molecule has 0 aromatic heterocycles. The van der Waals surface area contributed by atoms with Crippen LogP contribution in [-0.2, 0) is 10.0 Å². The quantitative estimate of drug-likeness (QED) is 0.476. The van der Waals surface area contributed by atoms with E-state index in [4.69, 9.17) is 0 Å². The zero-order valence-corrected chi connectivity index (χ0v) is 15.3. The van der Waals surface area contributed by atoms with Gasteiger partial charge in [-0.15, -0.1) is 0 Å². The first-order valence-electron chi connectivity index (χ1n) is 7.64. The lowest BCUT2D eigenvalue weighted by Gasteiger charge is -2.09. The molecule has 0 saturated heterocycles. The fourth-order valence-corrected chi connectivity index (χ4v) is 4.07. The molecule has 138 valence electrons. The molecule has 0 aliphatic rings. The smallest absolute Gasteiger partial charge is 0.269 e. The van der Waals surface area contributed by atoms with Gasteiger partial charge in [-0.25, -0.2) is 12.8 Å². The second kappa shape index (κ2) is 7.77. The molecule has 0 heterocycles. The SMILES string of the molecule is O=[N+]([O-])c1ccc(Sc2ccc(NS(=O)(=O)c3ccc(F)cc3)cc2)cc1. The average Bonchev–Trinajstić information content (AvgIpc) is 2.64. The minimum atomic E-state index is -3.80. The number of nitrogens with zero attached hydrogens (tertiary/aromatic N) is 1. The summed E-state index contributed by atoms with van der Waals surface area (Å²) in [5.74, 6) is -0.512. The van der Waals surface area contributed by atoms with E-state index in [0.29, 0.717) is 5.69 Å². The summed E-state index contributed by atoms with van der Waals surface area (Å²) in [7, 11) is -3.80. The number of sulfonamides is 1. The molecule has 6 nitrogen and oxygen atoms in total. The minimum absolute atomic E-state index is 0.0184. The van der Waals surface area contributed by atoms with E-state index in [1.54, 1.807) is 36.4 Å². The van der Waals surface area contributed by atoms with E-state index in [9.17, 15) is 22.9 Å². The van der Waals surface area contributed by atoms with Crippen LogP contribution >= 0.6 is 11.8 Å². The van der Waals surface area contributed by atoms with Gasteiger partial charge in [0.15, 0.2) is 0 Å². The van der Waals surface area contributed by atoms with Gasteiger partial charge < -0.3 is 0 Å². The summed E-state index contributed by atoms with van der Waals surface area (Å²) in [6.07, 6.45) is 0. The van der Waals surface area contributed by atoms with Crippen LogP contribution in [0.25, 0.3) is 0 Å². The summed E-state index contributed by atoms with van der Waals surface area (Å²) in [5.41, 5.74) is 0.386. The second-order valence-electron chi connectivity index (χ2n) is 5.44. The highest BCUT2D eigenvalue weighted by Crippen LogP contribution is 2.30. The van der Waals surface area contributed by atoms with Crippen LogP contribution in [0.5, 0.6) is 0 Å². The normalized spacial score (nSPS) is 11.1. The molecule has 0 spiro atoms. The van der Waals surface area contributed by atoms with Crippen molar-refractivity contribution >= 4 is 33.2 Å². The van der Waals surface area contributed by atoms with Gasteiger partial charge >= 0.3 is 0 Å². The van der Waals surface area contributed by atoms with Gasteiger partial charge in [-0.2, -0.15) is 0 Å². The van der Waals surface area contributed by atoms with Crippen molar-refractivity contribution in [1.82, 2.24) is 0 Å². The standard InChI is InChI=1S/C18H13FN2O4S2/c19-13-1-11-18(12-2-13)27(24,25)20-14-3-7-16(8-4-14)26-17-9-5-15(6-10-17)21(22)23/h1-12,20H. The Morgan fingerprint density at radius 2 is 1.37 bits per heavy atom. The van der Waals surface area contributed by atoms with Crippen LogP contribution in [-0.4, -0.2) is 13.3 Å². The van der Waals surface area contributed by atoms with Crippen LogP contribution in [0.15, 0.2) is 87.5 Å². The number of hydrogen-bond donors (Lipinski definition) is 1. The number of hydrogen-bond acceptors (Lipinski definition) is 5. The van der Waals surface area contributed by atoms with Gasteiger partial charge in [0.05, 0.1) is 9.82 Å². The molecule has 0 aliphatic carbocycles. The van der Waals surface area contributed by atoms with Crippen molar-refractivity contribution in [3.05, 3.63) is 88.7 Å². The molecule has 27 heavy (non-hydrogen) atoms. The van der Waals surface area contributed by atoms with Crippen LogP contribution in [0.4, 0.5) is 15.8 Å². The predicted octanol–water partition coefficient (Wildman–Crippen LogP) is 4.69. The molecule has 3 aromatic carbocycles. The summed E-state index contributed by atoms with van der Waals surface area (Å²) < 4.78 is 39.9. The molecule has 1 N–H and O–H groups in total. The van der Waals surface area contributed by atoms with Crippen molar-refractivity contribution in [3.63, 3.8) is 0 Å². The number of anilines is 1. The number of rotatable bonds is 6. The number of benzene rings is 3. The zero-order valence-electron chi connectivity index (χ0n) is 13.7. The Morgan fingerprint density at radius 1 is 0.852 bits per heavy atom. The molecular weight excluding hydrogens is 391 g/mol. The van der Waals surface area contributed by atoms with Crippen molar-refractivity contribution < 1.29 is 17.7 Å². The van der Waals surface area contributed by atoms with E-state index in [1.165, 1.54) is 36.0 Å². The first kappa shape index (κ1) is 18.9. The van der Waals surface area contributed by atoms with Crippen molar-refractivity contribution in [2.75, 3.05) is 4.72 Å². The molecule has 3 rings (SSSR count). The number of nitro groups is 1. The lowest BCUT2D eigenvalue weighted by atomic mass is 10.3. The van der Waals surface area contributed by atoms with Gasteiger partial charge in [0.1, 0.15) is 5.82 Å². The van der Waals surface area contributed by atoms with Crippen LogP contribution in [0, 0.1) is 15.9 Å². The van der Waals surface area contributed by atoms with Crippen LogP contribution in [0.3, 0.4) is 0 Å². The summed E-state index contributed by atoms with van der Waals surface area (Å²) in [4.78, 5) is 11.8. The number of nitro benzene ring substituents is 1. The number of non-ortho nitro benzene ring substituents is 1. The molecule has 0 aliphatic heterocycles. The molecular formula is C18H13FN2O4S2. The lowest BCUT2D eigenvalue weighted by Crippen LogP contribution is -2.12. The Bertz CT molecular complexity index is 1050. The van der Waals surface area contributed by atoms with Crippen molar-refractivity contribution in [1.29, 1.82) is 0 Å². The van der Waals surface area contributed by atoms with Gasteiger partial charge in [-0.1, -0.05) is 11.8 Å². The lowest BCUT2D eigenvalue weighted by molar-refractivity contribution is -0.384. The Hall–Kier alpha value is -2.91. The maximum Gasteiger partial charge on any atom is 0.269 e. The molecule has 9 heteroatoms. The first-order chi connectivity index (χ1) is 12.8. The van der Waals surface area contributed by atoms with E-state index in [1.807, 2.05) is 0 Å². The molecule has 0 saturated carbocycles. The van der Waals surface area contributed by atoms with Gasteiger partial charge in [0.2, 0.25) is 0 Å². The van der Waals surface area contributed by atoms with Crippen molar-refractivity contribution in [2.24, 2.45) is 0 Å². The molecule has 0 unspecified atom stereocenters. The fraction of sp³-hybridized carbons (Fsp3) is 0.